The van der Waals surface area contributed by atoms with Gasteiger partial charge in [0.1, 0.15) is 0 Å². The molecule has 0 spiro atoms. The van der Waals surface area contributed by atoms with Gasteiger partial charge in [-0.1, -0.05) is 19.3 Å². The predicted octanol–water partition coefficient (Wildman–Crippen LogP) is 3.67. The van der Waals surface area contributed by atoms with Gasteiger partial charge in [0, 0.05) is 28.9 Å². The van der Waals surface area contributed by atoms with Crippen LogP contribution in [0.5, 0.6) is 0 Å². The third kappa shape index (κ3) is 5.72. The highest BCUT2D eigenvalue weighted by atomic mass is 127. The van der Waals surface area contributed by atoms with Gasteiger partial charge in [0.05, 0.1) is 16.6 Å². The Morgan fingerprint density at radius 1 is 1.35 bits per heavy atom. The van der Waals surface area contributed by atoms with E-state index in [0.717, 1.165) is 19.3 Å². The molecular formula is C16H21IN2O4. The van der Waals surface area contributed by atoms with E-state index in [1.165, 1.54) is 31.4 Å². The molecule has 1 aromatic carbocycles. The number of non-ortho nitro benzene ring substituents is 1. The first-order valence-corrected chi connectivity index (χ1v) is 8.99. The van der Waals surface area contributed by atoms with E-state index in [0.29, 0.717) is 28.4 Å². The van der Waals surface area contributed by atoms with Gasteiger partial charge in [-0.2, -0.15) is 0 Å². The highest BCUT2D eigenvalue weighted by molar-refractivity contribution is 14.1. The molecule has 0 aromatic heterocycles. The van der Waals surface area contributed by atoms with Gasteiger partial charge in [-0.05, 0) is 47.9 Å². The number of nitrogens with zero attached hydrogens (tertiary/aromatic N) is 1. The van der Waals surface area contributed by atoms with E-state index in [9.17, 15) is 14.9 Å². The van der Waals surface area contributed by atoms with Crippen molar-refractivity contribution in [3.63, 3.8) is 0 Å². The number of nitrogens with one attached hydrogen (secondary N) is 1. The summed E-state index contributed by atoms with van der Waals surface area (Å²) in [6.45, 7) is 1.14. The minimum atomic E-state index is -0.495. The highest BCUT2D eigenvalue weighted by Gasteiger charge is 2.16. The monoisotopic (exact) mass is 432 g/mol. The van der Waals surface area contributed by atoms with E-state index < -0.39 is 4.92 Å². The van der Waals surface area contributed by atoms with Crippen LogP contribution in [0.1, 0.15) is 48.9 Å². The fourth-order valence-corrected chi connectivity index (χ4v) is 3.23. The number of hydrogen-bond donors (Lipinski definition) is 1. The first-order chi connectivity index (χ1) is 11.1. The van der Waals surface area contributed by atoms with Gasteiger partial charge in [-0.25, -0.2) is 0 Å². The second kappa shape index (κ2) is 9.17. The molecule has 23 heavy (non-hydrogen) atoms. The summed E-state index contributed by atoms with van der Waals surface area (Å²) in [6, 6.07) is 4.30. The standard InChI is InChI=1S/C16H21IN2O4/c17-15-8-7-12(19(21)22)11-14(15)16(20)18-9-4-10-23-13-5-2-1-3-6-13/h7-8,11,13H,1-6,9-10H2,(H,18,20). The maximum absolute atomic E-state index is 12.1. The maximum Gasteiger partial charge on any atom is 0.270 e. The lowest BCUT2D eigenvalue weighted by Gasteiger charge is -2.21. The molecule has 0 saturated heterocycles. The number of nitro benzene ring substituents is 1. The van der Waals surface area contributed by atoms with Gasteiger partial charge in [0.25, 0.3) is 11.6 Å². The number of halogens is 1. The van der Waals surface area contributed by atoms with Crippen LogP contribution in [0.2, 0.25) is 0 Å². The Balaban J connectivity index is 1.74. The third-order valence-corrected chi connectivity index (χ3v) is 4.86. The summed E-state index contributed by atoms with van der Waals surface area (Å²) in [5.74, 6) is -0.282. The van der Waals surface area contributed by atoms with Crippen molar-refractivity contribution in [2.45, 2.75) is 44.6 Å². The van der Waals surface area contributed by atoms with Crippen LogP contribution in [0.25, 0.3) is 0 Å². The molecule has 2 rings (SSSR count). The summed E-state index contributed by atoms with van der Waals surface area (Å²) in [5, 5.41) is 13.6. The summed E-state index contributed by atoms with van der Waals surface area (Å²) in [6.07, 6.45) is 7.18. The number of nitro groups is 1. The molecule has 1 amide bonds. The third-order valence-electron chi connectivity index (χ3n) is 3.92. The van der Waals surface area contributed by atoms with Gasteiger partial charge >= 0.3 is 0 Å². The van der Waals surface area contributed by atoms with E-state index in [1.807, 2.05) is 22.6 Å². The average molecular weight is 432 g/mol. The molecule has 0 bridgehead atoms. The highest BCUT2D eigenvalue weighted by Crippen LogP contribution is 2.21. The summed E-state index contributed by atoms with van der Waals surface area (Å²) in [7, 11) is 0. The van der Waals surface area contributed by atoms with Crippen LogP contribution < -0.4 is 5.32 Å². The van der Waals surface area contributed by atoms with E-state index in [4.69, 9.17) is 4.74 Å². The molecule has 6 nitrogen and oxygen atoms in total. The Morgan fingerprint density at radius 3 is 2.78 bits per heavy atom. The number of ether oxygens (including phenoxy) is 1. The molecule has 126 valence electrons. The number of carbonyl (C=O) groups is 1. The van der Waals surface area contributed by atoms with Gasteiger partial charge < -0.3 is 10.1 Å². The Hall–Kier alpha value is -1.22. The molecule has 7 heteroatoms. The molecule has 1 aliphatic rings. The van der Waals surface area contributed by atoms with Crippen molar-refractivity contribution in [3.8, 4) is 0 Å². The largest absolute Gasteiger partial charge is 0.378 e. The van der Waals surface area contributed by atoms with Crippen molar-refractivity contribution in [1.82, 2.24) is 5.32 Å². The Morgan fingerprint density at radius 2 is 2.09 bits per heavy atom. The molecule has 0 heterocycles. The molecule has 0 atom stereocenters. The number of amides is 1. The lowest BCUT2D eigenvalue weighted by molar-refractivity contribution is -0.384. The smallest absolute Gasteiger partial charge is 0.270 e. The zero-order valence-electron chi connectivity index (χ0n) is 12.9. The van der Waals surface area contributed by atoms with Gasteiger partial charge in [0.15, 0.2) is 0 Å². The molecule has 1 aliphatic carbocycles. The average Bonchev–Trinajstić information content (AvgIpc) is 2.55. The Kier molecular flexibility index (Phi) is 7.22. The Bertz CT molecular complexity index is 559. The maximum atomic E-state index is 12.1. The minimum absolute atomic E-state index is 0.0730. The number of benzene rings is 1. The predicted molar refractivity (Wildman–Crippen MR) is 95.6 cm³/mol. The van der Waals surface area contributed by atoms with Crippen molar-refractivity contribution in [2.75, 3.05) is 13.2 Å². The fourth-order valence-electron chi connectivity index (χ4n) is 2.65. The molecule has 0 unspecified atom stereocenters. The van der Waals surface area contributed by atoms with E-state index >= 15 is 0 Å². The number of hydrogen-bond acceptors (Lipinski definition) is 4. The van der Waals surface area contributed by atoms with Crippen molar-refractivity contribution >= 4 is 34.2 Å². The summed E-state index contributed by atoms with van der Waals surface area (Å²) in [5.41, 5.74) is 0.268. The van der Waals surface area contributed by atoms with Crippen molar-refractivity contribution in [3.05, 3.63) is 37.4 Å². The quantitative estimate of drug-likeness (QED) is 0.309. The molecule has 1 N–H and O–H groups in total. The van der Waals surface area contributed by atoms with E-state index in [-0.39, 0.29) is 11.6 Å². The molecule has 0 aliphatic heterocycles. The zero-order valence-corrected chi connectivity index (χ0v) is 15.1. The van der Waals surface area contributed by atoms with Crippen LogP contribution in [-0.2, 0) is 4.74 Å². The van der Waals surface area contributed by atoms with Crippen LogP contribution in [0.15, 0.2) is 18.2 Å². The number of rotatable bonds is 7. The van der Waals surface area contributed by atoms with Crippen molar-refractivity contribution in [2.24, 2.45) is 0 Å². The van der Waals surface area contributed by atoms with Crippen molar-refractivity contribution < 1.29 is 14.5 Å². The molecule has 1 saturated carbocycles. The number of carbonyl (C=O) groups excluding carboxylic acids is 1. The molecule has 0 radical (unpaired) electrons. The van der Waals surface area contributed by atoms with Gasteiger partial charge in [-0.3, -0.25) is 14.9 Å². The molecule has 1 fully saturated rings. The van der Waals surface area contributed by atoms with E-state index in [2.05, 4.69) is 5.32 Å². The second-order valence-electron chi connectivity index (χ2n) is 5.66. The lowest BCUT2D eigenvalue weighted by atomic mass is 9.98. The minimum Gasteiger partial charge on any atom is -0.378 e. The Labute approximate surface area is 149 Å². The summed E-state index contributed by atoms with van der Waals surface area (Å²) >= 11 is 2.01. The lowest BCUT2D eigenvalue weighted by Crippen LogP contribution is -2.27. The van der Waals surface area contributed by atoms with Crippen LogP contribution in [-0.4, -0.2) is 30.1 Å². The van der Waals surface area contributed by atoms with Gasteiger partial charge in [0.2, 0.25) is 0 Å². The van der Waals surface area contributed by atoms with Crippen LogP contribution in [0, 0.1) is 13.7 Å². The van der Waals surface area contributed by atoms with Crippen LogP contribution in [0.3, 0.4) is 0 Å². The van der Waals surface area contributed by atoms with Gasteiger partial charge in [-0.15, -0.1) is 0 Å². The molecule has 1 aromatic rings. The van der Waals surface area contributed by atoms with Crippen LogP contribution in [0.4, 0.5) is 5.69 Å². The summed E-state index contributed by atoms with van der Waals surface area (Å²) < 4.78 is 6.50. The van der Waals surface area contributed by atoms with Crippen molar-refractivity contribution in [1.29, 1.82) is 0 Å². The van der Waals surface area contributed by atoms with Crippen LogP contribution >= 0.6 is 22.6 Å². The fraction of sp³-hybridized carbons (Fsp3) is 0.562. The first-order valence-electron chi connectivity index (χ1n) is 7.91. The van der Waals surface area contributed by atoms with E-state index in [1.54, 1.807) is 6.07 Å². The normalized spacial score (nSPS) is 15.3. The topological polar surface area (TPSA) is 81.5 Å². The zero-order chi connectivity index (χ0) is 16.7. The first kappa shape index (κ1) is 18.1. The second-order valence-corrected chi connectivity index (χ2v) is 6.82. The SMILES string of the molecule is O=C(NCCCOC1CCCCC1)c1cc([N+](=O)[O-])ccc1I. The summed E-state index contributed by atoms with van der Waals surface area (Å²) in [4.78, 5) is 22.4. The molecular weight excluding hydrogens is 411 g/mol.